The quantitative estimate of drug-likeness (QED) is 0.526. The summed E-state index contributed by atoms with van der Waals surface area (Å²) >= 11 is 3.29. The SMILES string of the molecule is CCOc1ccc(N(CCC#N)C(=O)COC(=O)c2cc(OC)ccc2Br)cc1. The molecule has 0 saturated carbocycles. The maximum absolute atomic E-state index is 12.7. The Bertz CT molecular complexity index is 893. The van der Waals surface area contributed by atoms with Gasteiger partial charge in [0, 0.05) is 16.7 Å². The largest absolute Gasteiger partial charge is 0.497 e. The third kappa shape index (κ3) is 6.22. The minimum Gasteiger partial charge on any atom is -0.497 e. The standard InChI is InChI=1S/C21H21BrN2O5/c1-3-28-16-7-5-15(6-8-16)24(12-4-11-23)20(25)14-29-21(26)18-13-17(27-2)9-10-19(18)22/h5-10,13H,3-4,12,14H2,1-2H3. The van der Waals surface area contributed by atoms with Gasteiger partial charge in [0.1, 0.15) is 11.5 Å². The van der Waals surface area contributed by atoms with E-state index < -0.39 is 18.5 Å². The molecule has 2 aromatic rings. The first kappa shape index (κ1) is 22.2. The van der Waals surface area contributed by atoms with Crippen LogP contribution in [0.25, 0.3) is 0 Å². The molecule has 0 unspecified atom stereocenters. The number of ether oxygens (including phenoxy) is 3. The van der Waals surface area contributed by atoms with Crippen molar-refractivity contribution in [3.8, 4) is 17.6 Å². The Morgan fingerprint density at radius 2 is 1.83 bits per heavy atom. The molecular weight excluding hydrogens is 440 g/mol. The van der Waals surface area contributed by atoms with Crippen molar-refractivity contribution in [3.63, 3.8) is 0 Å². The van der Waals surface area contributed by atoms with Crippen LogP contribution in [0.15, 0.2) is 46.9 Å². The molecule has 0 atom stereocenters. The number of methoxy groups -OCH3 is 1. The number of nitrogens with zero attached hydrogens (tertiary/aromatic N) is 2. The number of halogens is 1. The van der Waals surface area contributed by atoms with Crippen molar-refractivity contribution in [2.75, 3.05) is 31.8 Å². The molecule has 0 radical (unpaired) electrons. The minimum atomic E-state index is -0.656. The van der Waals surface area contributed by atoms with Crippen molar-refractivity contribution >= 4 is 33.5 Å². The van der Waals surface area contributed by atoms with Crippen LogP contribution in [0.1, 0.15) is 23.7 Å². The van der Waals surface area contributed by atoms with Crippen LogP contribution in [0.4, 0.5) is 5.69 Å². The highest BCUT2D eigenvalue weighted by atomic mass is 79.9. The molecular formula is C21H21BrN2O5. The van der Waals surface area contributed by atoms with Gasteiger partial charge in [-0.1, -0.05) is 0 Å². The van der Waals surface area contributed by atoms with E-state index in [0.717, 1.165) is 0 Å². The van der Waals surface area contributed by atoms with Gasteiger partial charge in [0.25, 0.3) is 5.91 Å². The van der Waals surface area contributed by atoms with Crippen LogP contribution in [-0.4, -0.2) is 38.7 Å². The van der Waals surface area contributed by atoms with Gasteiger partial charge >= 0.3 is 5.97 Å². The molecule has 8 heteroatoms. The summed E-state index contributed by atoms with van der Waals surface area (Å²) < 4.78 is 16.2. The second-order valence-electron chi connectivity index (χ2n) is 5.80. The first-order valence-corrected chi connectivity index (χ1v) is 9.70. The number of carbonyl (C=O) groups excluding carboxylic acids is 2. The second kappa shape index (κ2) is 11.1. The number of hydrogen-bond donors (Lipinski definition) is 0. The summed E-state index contributed by atoms with van der Waals surface area (Å²) in [5.41, 5.74) is 0.842. The summed E-state index contributed by atoms with van der Waals surface area (Å²) in [5, 5.41) is 8.89. The van der Waals surface area contributed by atoms with Gasteiger partial charge in [-0.25, -0.2) is 4.79 Å². The van der Waals surface area contributed by atoms with Crippen LogP contribution in [0.2, 0.25) is 0 Å². The molecule has 0 saturated heterocycles. The summed E-state index contributed by atoms with van der Waals surface area (Å²) in [4.78, 5) is 26.5. The Morgan fingerprint density at radius 3 is 2.45 bits per heavy atom. The molecule has 0 aliphatic heterocycles. The van der Waals surface area contributed by atoms with Crippen molar-refractivity contribution in [2.45, 2.75) is 13.3 Å². The maximum Gasteiger partial charge on any atom is 0.339 e. The number of esters is 1. The van der Waals surface area contributed by atoms with Crippen LogP contribution in [-0.2, 0) is 9.53 Å². The molecule has 152 valence electrons. The van der Waals surface area contributed by atoms with Gasteiger partial charge in [-0.05, 0) is 65.3 Å². The average Bonchev–Trinajstić information content (AvgIpc) is 2.74. The van der Waals surface area contributed by atoms with Crippen LogP contribution in [0.3, 0.4) is 0 Å². The number of amides is 1. The van der Waals surface area contributed by atoms with E-state index in [0.29, 0.717) is 28.3 Å². The first-order chi connectivity index (χ1) is 14.0. The third-order valence-corrected chi connectivity index (χ3v) is 4.62. The third-order valence-electron chi connectivity index (χ3n) is 3.93. The fourth-order valence-electron chi connectivity index (χ4n) is 2.52. The summed E-state index contributed by atoms with van der Waals surface area (Å²) in [5.74, 6) is 0.0857. The van der Waals surface area contributed by atoms with Gasteiger partial charge < -0.3 is 19.1 Å². The molecule has 0 aliphatic carbocycles. The van der Waals surface area contributed by atoms with Gasteiger partial charge in [0.2, 0.25) is 0 Å². The summed E-state index contributed by atoms with van der Waals surface area (Å²) in [7, 11) is 1.49. The number of carbonyl (C=O) groups is 2. The van der Waals surface area contributed by atoms with E-state index in [1.54, 1.807) is 36.4 Å². The van der Waals surface area contributed by atoms with Crippen molar-refractivity contribution in [3.05, 3.63) is 52.5 Å². The summed E-state index contributed by atoms with van der Waals surface area (Å²) in [6.45, 7) is 2.14. The normalized spacial score (nSPS) is 10.0. The fraction of sp³-hybridized carbons (Fsp3) is 0.286. The van der Waals surface area contributed by atoms with E-state index >= 15 is 0 Å². The number of rotatable bonds is 9. The number of benzene rings is 2. The lowest BCUT2D eigenvalue weighted by Crippen LogP contribution is -2.35. The molecule has 0 bridgehead atoms. The van der Waals surface area contributed by atoms with Crippen molar-refractivity contribution < 1.29 is 23.8 Å². The Labute approximate surface area is 177 Å². The second-order valence-corrected chi connectivity index (χ2v) is 6.66. The number of nitriles is 1. The summed E-state index contributed by atoms with van der Waals surface area (Å²) in [6.07, 6.45) is 0.147. The average molecular weight is 461 g/mol. The molecule has 0 spiro atoms. The lowest BCUT2D eigenvalue weighted by Gasteiger charge is -2.22. The minimum absolute atomic E-state index is 0.147. The molecule has 2 rings (SSSR count). The van der Waals surface area contributed by atoms with E-state index in [2.05, 4.69) is 15.9 Å². The zero-order valence-electron chi connectivity index (χ0n) is 16.2. The van der Waals surface area contributed by atoms with E-state index in [-0.39, 0.29) is 18.5 Å². The van der Waals surface area contributed by atoms with Crippen LogP contribution in [0, 0.1) is 11.3 Å². The number of anilines is 1. The highest BCUT2D eigenvalue weighted by Crippen LogP contribution is 2.24. The number of hydrogen-bond acceptors (Lipinski definition) is 6. The van der Waals surface area contributed by atoms with Gasteiger partial charge in [0.05, 0.1) is 31.8 Å². The Balaban J connectivity index is 2.09. The lowest BCUT2D eigenvalue weighted by molar-refractivity contribution is -0.121. The molecule has 0 heterocycles. The molecule has 0 aliphatic rings. The highest BCUT2D eigenvalue weighted by Gasteiger charge is 2.20. The van der Waals surface area contributed by atoms with Crippen LogP contribution < -0.4 is 14.4 Å². The van der Waals surface area contributed by atoms with Gasteiger partial charge in [0.15, 0.2) is 6.61 Å². The predicted octanol–water partition coefficient (Wildman–Crippen LogP) is 3.96. The fourth-order valence-corrected chi connectivity index (χ4v) is 2.93. The van der Waals surface area contributed by atoms with Crippen molar-refractivity contribution in [1.29, 1.82) is 5.26 Å². The Morgan fingerprint density at radius 1 is 1.14 bits per heavy atom. The van der Waals surface area contributed by atoms with Crippen molar-refractivity contribution in [2.24, 2.45) is 0 Å². The van der Waals surface area contributed by atoms with Gasteiger partial charge in [-0.15, -0.1) is 0 Å². The van der Waals surface area contributed by atoms with Crippen LogP contribution in [0.5, 0.6) is 11.5 Å². The molecule has 7 nitrogen and oxygen atoms in total. The van der Waals surface area contributed by atoms with Gasteiger partial charge in [-0.3, -0.25) is 4.79 Å². The van der Waals surface area contributed by atoms with E-state index in [1.165, 1.54) is 18.1 Å². The maximum atomic E-state index is 12.7. The first-order valence-electron chi connectivity index (χ1n) is 8.91. The summed E-state index contributed by atoms with van der Waals surface area (Å²) in [6, 6.07) is 13.8. The highest BCUT2D eigenvalue weighted by molar-refractivity contribution is 9.10. The topological polar surface area (TPSA) is 88.9 Å². The Kier molecular flexibility index (Phi) is 8.49. The molecule has 0 aromatic heterocycles. The molecule has 2 aromatic carbocycles. The lowest BCUT2D eigenvalue weighted by atomic mass is 10.2. The van der Waals surface area contributed by atoms with Crippen molar-refractivity contribution in [1.82, 2.24) is 0 Å². The van der Waals surface area contributed by atoms with E-state index in [4.69, 9.17) is 19.5 Å². The smallest absolute Gasteiger partial charge is 0.339 e. The zero-order valence-corrected chi connectivity index (χ0v) is 17.8. The monoisotopic (exact) mass is 460 g/mol. The molecule has 29 heavy (non-hydrogen) atoms. The predicted molar refractivity (Wildman–Crippen MR) is 111 cm³/mol. The van der Waals surface area contributed by atoms with Crippen LogP contribution >= 0.6 is 15.9 Å². The molecule has 1 amide bonds. The zero-order chi connectivity index (χ0) is 21.2. The molecule has 0 fully saturated rings. The van der Waals surface area contributed by atoms with Gasteiger partial charge in [-0.2, -0.15) is 5.26 Å². The van der Waals surface area contributed by atoms with E-state index in [9.17, 15) is 9.59 Å². The molecule has 0 N–H and O–H groups in total. The van der Waals surface area contributed by atoms with E-state index in [1.807, 2.05) is 13.0 Å². The Hall–Kier alpha value is -3.05.